The SMILES string of the molecule is CC(C)(C)OC(=O)Cc1ccc(N2CC(CN3CCN(c4ccc5c(c4)C(=O)N(C4CCC(=O)NC4=O)C5=O)CC3)C2)cc1. The molecule has 1 unspecified atom stereocenters. The Hall–Kier alpha value is -4.25. The lowest BCUT2D eigenvalue weighted by molar-refractivity contribution is -0.154. The number of amides is 4. The maximum atomic E-state index is 13.2. The minimum absolute atomic E-state index is 0.0999. The Balaban J connectivity index is 0.970. The van der Waals surface area contributed by atoms with Crippen LogP contribution in [0.5, 0.6) is 0 Å². The molecule has 0 bridgehead atoms. The normalized spacial score (nSPS) is 21.3. The molecule has 1 N–H and O–H groups in total. The molecule has 4 aliphatic heterocycles. The third-order valence-corrected chi connectivity index (χ3v) is 8.70. The van der Waals surface area contributed by atoms with Crippen LogP contribution in [0.4, 0.5) is 11.4 Å². The summed E-state index contributed by atoms with van der Waals surface area (Å²) in [4.78, 5) is 70.3. The lowest BCUT2D eigenvalue weighted by Gasteiger charge is -2.45. The van der Waals surface area contributed by atoms with Crippen molar-refractivity contribution in [2.45, 2.75) is 51.7 Å². The summed E-state index contributed by atoms with van der Waals surface area (Å²) in [6, 6.07) is 12.5. The van der Waals surface area contributed by atoms with Gasteiger partial charge in [0.2, 0.25) is 11.8 Å². The van der Waals surface area contributed by atoms with Gasteiger partial charge in [-0.05, 0) is 63.1 Å². The highest BCUT2D eigenvalue weighted by Crippen LogP contribution is 2.31. The van der Waals surface area contributed by atoms with Gasteiger partial charge in [-0.3, -0.25) is 39.1 Å². The van der Waals surface area contributed by atoms with Crippen LogP contribution in [0.15, 0.2) is 42.5 Å². The quantitative estimate of drug-likeness (QED) is 0.376. The Morgan fingerprint density at radius 1 is 0.864 bits per heavy atom. The number of anilines is 2. The van der Waals surface area contributed by atoms with Crippen LogP contribution in [0.3, 0.4) is 0 Å². The summed E-state index contributed by atoms with van der Waals surface area (Å²) in [5.74, 6) is -1.58. The van der Waals surface area contributed by atoms with Crippen LogP contribution in [0.1, 0.15) is 59.9 Å². The molecule has 11 nitrogen and oxygen atoms in total. The van der Waals surface area contributed by atoms with Gasteiger partial charge in [-0.1, -0.05) is 12.1 Å². The molecular weight excluding hydrogens is 562 g/mol. The van der Waals surface area contributed by atoms with Gasteiger partial charge in [0.05, 0.1) is 17.5 Å². The first-order valence-corrected chi connectivity index (χ1v) is 15.3. The number of hydrogen-bond acceptors (Lipinski definition) is 9. The summed E-state index contributed by atoms with van der Waals surface area (Å²) < 4.78 is 5.42. The van der Waals surface area contributed by atoms with Crippen molar-refractivity contribution in [3.05, 3.63) is 59.2 Å². The number of carbonyl (C=O) groups is 5. The first-order valence-electron chi connectivity index (χ1n) is 15.3. The zero-order chi connectivity index (χ0) is 31.2. The molecule has 2 aromatic rings. The Kier molecular flexibility index (Phi) is 7.91. The van der Waals surface area contributed by atoms with Gasteiger partial charge in [0.15, 0.2) is 0 Å². The number of hydrogen-bond donors (Lipinski definition) is 1. The van der Waals surface area contributed by atoms with Gasteiger partial charge < -0.3 is 14.5 Å². The van der Waals surface area contributed by atoms with Gasteiger partial charge in [0.1, 0.15) is 11.6 Å². The maximum Gasteiger partial charge on any atom is 0.310 e. The Morgan fingerprint density at radius 2 is 1.52 bits per heavy atom. The first-order chi connectivity index (χ1) is 20.9. The van der Waals surface area contributed by atoms with Crippen LogP contribution in [0.25, 0.3) is 0 Å². The fourth-order valence-electron chi connectivity index (χ4n) is 6.47. The number of piperidine rings is 1. The molecule has 3 fully saturated rings. The molecule has 0 aromatic heterocycles. The molecule has 11 heteroatoms. The molecule has 1 atom stereocenters. The zero-order valence-electron chi connectivity index (χ0n) is 25.5. The number of benzene rings is 2. The van der Waals surface area contributed by atoms with Crippen molar-refractivity contribution in [3.8, 4) is 0 Å². The van der Waals surface area contributed by atoms with Gasteiger partial charge in [-0.25, -0.2) is 0 Å². The van der Waals surface area contributed by atoms with E-state index in [0.717, 1.165) is 62.0 Å². The summed E-state index contributed by atoms with van der Waals surface area (Å²) in [6.45, 7) is 12.1. The zero-order valence-corrected chi connectivity index (χ0v) is 25.5. The number of nitrogens with zero attached hydrogens (tertiary/aromatic N) is 4. The van der Waals surface area contributed by atoms with E-state index in [-0.39, 0.29) is 31.1 Å². The van der Waals surface area contributed by atoms with Crippen LogP contribution in [-0.4, -0.2) is 96.9 Å². The molecule has 4 amide bonds. The standard InChI is InChI=1S/C33H39N5O6/c1-33(2,3)44-29(40)16-21-4-6-23(7-5-21)37-19-22(20-37)18-35-12-14-36(15-13-35)24-8-9-25-26(17-24)32(43)38(31(25)42)27-10-11-28(39)34-30(27)41/h4-9,17,22,27H,10-16,18-20H2,1-3H3,(H,34,39,41). The second-order valence-corrected chi connectivity index (χ2v) is 13.2. The van der Waals surface area contributed by atoms with Crippen molar-refractivity contribution in [1.29, 1.82) is 0 Å². The number of piperazine rings is 1. The van der Waals surface area contributed by atoms with Crippen molar-refractivity contribution >= 4 is 41.0 Å². The predicted octanol–water partition coefficient (Wildman–Crippen LogP) is 2.23. The van der Waals surface area contributed by atoms with E-state index in [1.165, 1.54) is 5.69 Å². The van der Waals surface area contributed by atoms with Crippen LogP contribution in [0, 0.1) is 5.92 Å². The monoisotopic (exact) mass is 601 g/mol. The van der Waals surface area contributed by atoms with E-state index in [2.05, 4.69) is 32.1 Å². The van der Waals surface area contributed by atoms with E-state index >= 15 is 0 Å². The number of carbonyl (C=O) groups excluding carboxylic acids is 5. The number of esters is 1. The molecule has 232 valence electrons. The van der Waals surface area contributed by atoms with Crippen LogP contribution < -0.4 is 15.1 Å². The van der Waals surface area contributed by atoms with Gasteiger partial charge in [0, 0.05) is 69.5 Å². The molecular formula is C33H39N5O6. The molecule has 3 saturated heterocycles. The summed E-state index contributed by atoms with van der Waals surface area (Å²) in [7, 11) is 0. The number of ether oxygens (including phenoxy) is 1. The molecule has 0 saturated carbocycles. The van der Waals surface area contributed by atoms with Crippen molar-refractivity contribution in [2.24, 2.45) is 5.92 Å². The molecule has 0 spiro atoms. The van der Waals surface area contributed by atoms with Gasteiger partial charge in [-0.2, -0.15) is 0 Å². The molecule has 4 aliphatic rings. The highest BCUT2D eigenvalue weighted by atomic mass is 16.6. The third-order valence-electron chi connectivity index (χ3n) is 8.70. The number of imide groups is 2. The smallest absolute Gasteiger partial charge is 0.310 e. The predicted molar refractivity (Wildman–Crippen MR) is 163 cm³/mol. The highest BCUT2D eigenvalue weighted by molar-refractivity contribution is 6.23. The molecule has 6 rings (SSSR count). The van der Waals surface area contributed by atoms with E-state index in [4.69, 9.17) is 4.74 Å². The second kappa shape index (κ2) is 11.7. The van der Waals surface area contributed by atoms with E-state index in [1.54, 1.807) is 12.1 Å². The second-order valence-electron chi connectivity index (χ2n) is 13.2. The van der Waals surface area contributed by atoms with Crippen molar-refractivity contribution < 1.29 is 28.7 Å². The minimum atomic E-state index is -0.960. The molecule has 4 heterocycles. The summed E-state index contributed by atoms with van der Waals surface area (Å²) in [6.07, 6.45) is 0.515. The van der Waals surface area contributed by atoms with E-state index in [1.807, 2.05) is 39.0 Å². The van der Waals surface area contributed by atoms with Crippen LogP contribution >= 0.6 is 0 Å². The first kappa shape index (κ1) is 29.8. The minimum Gasteiger partial charge on any atom is -0.460 e. The molecule has 2 aromatic carbocycles. The van der Waals surface area contributed by atoms with Crippen molar-refractivity contribution in [2.75, 3.05) is 55.6 Å². The Labute approximate surface area is 257 Å². The highest BCUT2D eigenvalue weighted by Gasteiger charge is 2.45. The largest absolute Gasteiger partial charge is 0.460 e. The third kappa shape index (κ3) is 6.19. The topological polar surface area (TPSA) is 120 Å². The summed E-state index contributed by atoms with van der Waals surface area (Å²) in [5.41, 5.74) is 3.13. The van der Waals surface area contributed by atoms with E-state index in [0.29, 0.717) is 17.0 Å². The summed E-state index contributed by atoms with van der Waals surface area (Å²) >= 11 is 0. The van der Waals surface area contributed by atoms with Crippen LogP contribution in [0.2, 0.25) is 0 Å². The average molecular weight is 602 g/mol. The number of fused-ring (bicyclic) bond motifs is 1. The fraction of sp³-hybridized carbons (Fsp3) is 0.485. The molecule has 0 radical (unpaired) electrons. The van der Waals surface area contributed by atoms with Gasteiger partial charge in [0.25, 0.3) is 11.8 Å². The summed E-state index contributed by atoms with van der Waals surface area (Å²) in [5, 5.41) is 2.23. The van der Waals surface area contributed by atoms with E-state index in [9.17, 15) is 24.0 Å². The number of nitrogens with one attached hydrogen (secondary N) is 1. The van der Waals surface area contributed by atoms with Crippen LogP contribution in [-0.2, 0) is 25.5 Å². The van der Waals surface area contributed by atoms with Gasteiger partial charge >= 0.3 is 5.97 Å². The maximum absolute atomic E-state index is 13.2. The Bertz CT molecular complexity index is 1480. The van der Waals surface area contributed by atoms with Crippen molar-refractivity contribution in [3.63, 3.8) is 0 Å². The molecule has 0 aliphatic carbocycles. The number of rotatable bonds is 7. The lowest BCUT2D eigenvalue weighted by atomic mass is 9.97. The Morgan fingerprint density at radius 3 is 2.18 bits per heavy atom. The van der Waals surface area contributed by atoms with Crippen molar-refractivity contribution in [1.82, 2.24) is 15.1 Å². The fourth-order valence-corrected chi connectivity index (χ4v) is 6.47. The van der Waals surface area contributed by atoms with Gasteiger partial charge in [-0.15, -0.1) is 0 Å². The lowest BCUT2D eigenvalue weighted by Crippen LogP contribution is -2.55. The van der Waals surface area contributed by atoms with E-state index < -0.39 is 29.4 Å². The molecule has 44 heavy (non-hydrogen) atoms. The average Bonchev–Trinajstić information content (AvgIpc) is 3.19.